The molecule has 2 aromatic heterocycles. The van der Waals surface area contributed by atoms with Crippen LogP contribution in [-0.4, -0.2) is 41.7 Å². The van der Waals surface area contributed by atoms with Gasteiger partial charge in [0.25, 0.3) is 0 Å². The van der Waals surface area contributed by atoms with Crippen LogP contribution in [0.2, 0.25) is 5.02 Å². The Kier molecular flexibility index (Phi) is 7.03. The number of benzene rings is 2. The highest BCUT2D eigenvalue weighted by Crippen LogP contribution is 2.33. The Balaban J connectivity index is 1.44. The maximum atomic E-state index is 13.9. The SMILES string of the molecule is O=C(C1CCCN(S(=O)(=O)c2ccc(Cl)cc2)C1)N(Cc1ccccn1)c1nc2ccc(F)cc2s1. The van der Waals surface area contributed by atoms with E-state index >= 15 is 0 Å². The Labute approximate surface area is 217 Å². The first kappa shape index (κ1) is 24.8. The van der Waals surface area contributed by atoms with Gasteiger partial charge in [-0.15, -0.1) is 0 Å². The molecule has 1 aliphatic rings. The number of carbonyl (C=O) groups is 1. The van der Waals surface area contributed by atoms with E-state index in [9.17, 15) is 17.6 Å². The van der Waals surface area contributed by atoms with Crippen molar-refractivity contribution < 1.29 is 17.6 Å². The van der Waals surface area contributed by atoms with Gasteiger partial charge in [0.15, 0.2) is 5.13 Å². The summed E-state index contributed by atoms with van der Waals surface area (Å²) < 4.78 is 42.3. The molecule has 1 amide bonds. The number of amides is 1. The van der Waals surface area contributed by atoms with Gasteiger partial charge in [0.1, 0.15) is 5.82 Å². The van der Waals surface area contributed by atoms with Gasteiger partial charge in [-0.2, -0.15) is 4.31 Å². The van der Waals surface area contributed by atoms with E-state index in [-0.39, 0.29) is 29.7 Å². The molecule has 2 aromatic carbocycles. The van der Waals surface area contributed by atoms with Gasteiger partial charge in [-0.1, -0.05) is 29.0 Å². The predicted molar refractivity (Wildman–Crippen MR) is 138 cm³/mol. The molecule has 0 saturated carbocycles. The molecule has 1 aliphatic heterocycles. The van der Waals surface area contributed by atoms with Gasteiger partial charge in [-0.25, -0.2) is 17.8 Å². The maximum Gasteiger partial charge on any atom is 0.243 e. The Morgan fingerprint density at radius 1 is 1.17 bits per heavy atom. The number of rotatable bonds is 6. The molecule has 36 heavy (non-hydrogen) atoms. The fraction of sp³-hybridized carbons (Fsp3) is 0.240. The van der Waals surface area contributed by atoms with Gasteiger partial charge in [0.05, 0.1) is 33.3 Å². The van der Waals surface area contributed by atoms with Crippen LogP contribution in [0.1, 0.15) is 18.5 Å². The normalized spacial score (nSPS) is 16.8. The lowest BCUT2D eigenvalue weighted by molar-refractivity contribution is -0.123. The molecule has 0 radical (unpaired) electrons. The number of thiazole rings is 1. The third-order valence-corrected chi connectivity index (χ3v) is 9.24. The third-order valence-electron chi connectivity index (χ3n) is 6.07. The second kappa shape index (κ2) is 10.2. The highest BCUT2D eigenvalue weighted by molar-refractivity contribution is 7.89. The van der Waals surface area contributed by atoms with E-state index in [1.807, 2.05) is 12.1 Å². The highest BCUT2D eigenvalue weighted by Gasteiger charge is 2.36. The van der Waals surface area contributed by atoms with Gasteiger partial charge >= 0.3 is 0 Å². The van der Waals surface area contributed by atoms with Crippen LogP contribution in [0.4, 0.5) is 9.52 Å². The van der Waals surface area contributed by atoms with Gasteiger partial charge in [0, 0.05) is 24.3 Å². The molecule has 1 fully saturated rings. The molecule has 4 aromatic rings. The van der Waals surface area contributed by atoms with E-state index in [0.717, 1.165) is 0 Å². The van der Waals surface area contributed by atoms with E-state index in [1.54, 1.807) is 18.3 Å². The fourth-order valence-electron chi connectivity index (χ4n) is 4.23. The molecule has 0 spiro atoms. The largest absolute Gasteiger partial charge is 0.282 e. The number of fused-ring (bicyclic) bond motifs is 1. The molecule has 0 aliphatic carbocycles. The van der Waals surface area contributed by atoms with Crippen LogP contribution in [0.5, 0.6) is 0 Å². The number of piperidine rings is 1. The van der Waals surface area contributed by atoms with Crippen molar-refractivity contribution in [2.24, 2.45) is 5.92 Å². The summed E-state index contributed by atoms with van der Waals surface area (Å²) in [7, 11) is -3.78. The minimum Gasteiger partial charge on any atom is -0.282 e. The molecule has 1 unspecified atom stereocenters. The second-order valence-corrected chi connectivity index (χ2v) is 11.9. The number of hydrogen-bond acceptors (Lipinski definition) is 6. The first-order chi connectivity index (χ1) is 17.3. The van der Waals surface area contributed by atoms with Crippen LogP contribution in [0, 0.1) is 11.7 Å². The van der Waals surface area contributed by atoms with Crippen molar-refractivity contribution in [1.82, 2.24) is 14.3 Å². The Hall–Kier alpha value is -2.92. The highest BCUT2D eigenvalue weighted by atomic mass is 35.5. The quantitative estimate of drug-likeness (QED) is 0.336. The van der Waals surface area contributed by atoms with E-state index in [0.29, 0.717) is 45.5 Å². The maximum absolute atomic E-state index is 13.9. The van der Waals surface area contributed by atoms with E-state index in [4.69, 9.17) is 11.6 Å². The summed E-state index contributed by atoms with van der Waals surface area (Å²) in [5.74, 6) is -1.18. The molecule has 5 rings (SSSR count). The first-order valence-electron chi connectivity index (χ1n) is 11.3. The van der Waals surface area contributed by atoms with Crippen molar-refractivity contribution in [2.75, 3.05) is 18.0 Å². The Morgan fingerprint density at radius 2 is 1.97 bits per heavy atom. The van der Waals surface area contributed by atoms with Crippen molar-refractivity contribution in [1.29, 1.82) is 0 Å². The number of anilines is 1. The van der Waals surface area contributed by atoms with Crippen LogP contribution < -0.4 is 4.90 Å². The zero-order valence-corrected chi connectivity index (χ0v) is 21.4. The summed E-state index contributed by atoms with van der Waals surface area (Å²) in [6, 6.07) is 15.7. The first-order valence-corrected chi connectivity index (χ1v) is 14.0. The molecule has 0 bridgehead atoms. The van der Waals surface area contributed by atoms with Crippen molar-refractivity contribution >= 4 is 54.2 Å². The molecule has 1 saturated heterocycles. The molecule has 3 heterocycles. The van der Waals surface area contributed by atoms with Crippen LogP contribution in [-0.2, 0) is 21.4 Å². The van der Waals surface area contributed by atoms with Gasteiger partial charge in [0.2, 0.25) is 15.9 Å². The average molecular weight is 545 g/mol. The number of hydrogen-bond donors (Lipinski definition) is 0. The number of aromatic nitrogens is 2. The van der Waals surface area contributed by atoms with Crippen LogP contribution in [0.3, 0.4) is 0 Å². The number of pyridine rings is 1. The fourth-order valence-corrected chi connectivity index (χ4v) is 6.88. The summed E-state index contributed by atoms with van der Waals surface area (Å²) >= 11 is 7.14. The molecule has 186 valence electrons. The summed E-state index contributed by atoms with van der Waals surface area (Å²) in [6.07, 6.45) is 2.74. The van der Waals surface area contributed by atoms with Crippen molar-refractivity contribution in [3.05, 3.63) is 83.4 Å². The lowest BCUT2D eigenvalue weighted by Crippen LogP contribution is -2.46. The van der Waals surface area contributed by atoms with Crippen LogP contribution >= 0.6 is 22.9 Å². The lowest BCUT2D eigenvalue weighted by atomic mass is 9.98. The Morgan fingerprint density at radius 3 is 2.72 bits per heavy atom. The van der Waals surface area contributed by atoms with Crippen molar-refractivity contribution in [3.8, 4) is 0 Å². The average Bonchev–Trinajstić information content (AvgIpc) is 3.31. The van der Waals surface area contributed by atoms with Gasteiger partial charge < -0.3 is 0 Å². The standard InChI is InChI=1S/C25H22ClFN4O3S2/c26-18-6-9-21(10-7-18)36(33,34)30-13-3-4-17(15-30)24(32)31(16-20-5-1-2-12-28-20)25-29-22-11-8-19(27)14-23(22)35-25/h1-2,5-12,14,17H,3-4,13,15-16H2. The molecule has 1 atom stereocenters. The summed E-state index contributed by atoms with van der Waals surface area (Å²) in [4.78, 5) is 24.4. The zero-order valence-electron chi connectivity index (χ0n) is 19.0. The molecule has 11 heteroatoms. The van der Waals surface area contributed by atoms with E-state index < -0.39 is 15.9 Å². The number of sulfonamides is 1. The number of halogens is 2. The molecular formula is C25H22ClFN4O3S2. The summed E-state index contributed by atoms with van der Waals surface area (Å²) in [5, 5.41) is 0.866. The zero-order chi connectivity index (χ0) is 25.3. The smallest absolute Gasteiger partial charge is 0.243 e. The van der Waals surface area contributed by atoms with Gasteiger partial charge in [-0.3, -0.25) is 14.7 Å². The number of carbonyl (C=O) groups excluding carboxylic acids is 1. The molecule has 0 N–H and O–H groups in total. The second-order valence-electron chi connectivity index (χ2n) is 8.51. The third kappa shape index (κ3) is 5.12. The minimum atomic E-state index is -3.78. The monoisotopic (exact) mass is 544 g/mol. The van der Waals surface area contributed by atoms with E-state index in [2.05, 4.69) is 9.97 Å². The van der Waals surface area contributed by atoms with Crippen LogP contribution in [0.25, 0.3) is 10.2 Å². The summed E-state index contributed by atoms with van der Waals surface area (Å²) in [6.45, 7) is 0.555. The number of nitrogens with zero attached hydrogens (tertiary/aromatic N) is 4. The topological polar surface area (TPSA) is 83.5 Å². The van der Waals surface area contributed by atoms with Crippen LogP contribution in [0.15, 0.2) is 71.8 Å². The molecular weight excluding hydrogens is 523 g/mol. The van der Waals surface area contributed by atoms with Gasteiger partial charge in [-0.05, 0) is 67.4 Å². The lowest BCUT2D eigenvalue weighted by Gasteiger charge is -2.33. The summed E-state index contributed by atoms with van der Waals surface area (Å²) in [5.41, 5.74) is 1.25. The predicted octanol–water partition coefficient (Wildman–Crippen LogP) is 5.12. The van der Waals surface area contributed by atoms with E-state index in [1.165, 1.54) is 56.9 Å². The van der Waals surface area contributed by atoms with Crippen molar-refractivity contribution in [3.63, 3.8) is 0 Å². The minimum absolute atomic E-state index is 0.0576. The molecule has 7 nitrogen and oxygen atoms in total. The Bertz CT molecular complexity index is 1500. The van der Waals surface area contributed by atoms with Crippen molar-refractivity contribution in [2.45, 2.75) is 24.3 Å².